The van der Waals surface area contributed by atoms with E-state index in [0.717, 1.165) is 6.42 Å². The number of benzene rings is 2. The lowest BCUT2D eigenvalue weighted by Gasteiger charge is -2.29. The van der Waals surface area contributed by atoms with Gasteiger partial charge in [0.1, 0.15) is 6.54 Å². The fourth-order valence-electron chi connectivity index (χ4n) is 3.51. The first-order valence-corrected chi connectivity index (χ1v) is 9.15. The molecule has 0 bridgehead atoms. The molecule has 2 aromatic rings. The standard InChI is InChI=1S/C21H21N3O3/c25-19(23-17-12-15(17)14-6-2-1-3-7-14)10-11-21(27)24-13-20(26)22-16-8-4-5-9-18(16)24/h1-9,15,17H,10-13H2,(H,22,26)(H,23,25)/t15-,17-/m1/s1. The summed E-state index contributed by atoms with van der Waals surface area (Å²) in [5.74, 6) is -0.205. The van der Waals surface area contributed by atoms with E-state index in [-0.39, 0.29) is 43.1 Å². The second-order valence-electron chi connectivity index (χ2n) is 6.97. The van der Waals surface area contributed by atoms with Crippen LogP contribution in [0.2, 0.25) is 0 Å². The first-order valence-electron chi connectivity index (χ1n) is 9.15. The van der Waals surface area contributed by atoms with Gasteiger partial charge in [0.2, 0.25) is 17.7 Å². The highest BCUT2D eigenvalue weighted by atomic mass is 16.2. The predicted octanol–water partition coefficient (Wildman–Crippen LogP) is 2.42. The summed E-state index contributed by atoms with van der Waals surface area (Å²) in [5, 5.41) is 5.75. The van der Waals surface area contributed by atoms with E-state index in [9.17, 15) is 14.4 Å². The average molecular weight is 363 g/mol. The van der Waals surface area contributed by atoms with Crippen molar-refractivity contribution >= 4 is 29.1 Å². The van der Waals surface area contributed by atoms with Gasteiger partial charge in [0.15, 0.2) is 0 Å². The van der Waals surface area contributed by atoms with Crippen molar-refractivity contribution in [3.63, 3.8) is 0 Å². The SMILES string of the molecule is O=C1CN(C(=O)CCC(=O)N[C@@H]2C[C@@H]2c2ccccc2)c2ccccc2N1. The van der Waals surface area contributed by atoms with E-state index in [1.807, 2.05) is 24.3 Å². The zero-order valence-electron chi connectivity index (χ0n) is 14.9. The molecule has 27 heavy (non-hydrogen) atoms. The number of carbonyl (C=O) groups excluding carboxylic acids is 3. The maximum Gasteiger partial charge on any atom is 0.244 e. The molecule has 0 spiro atoms. The highest BCUT2D eigenvalue weighted by Crippen LogP contribution is 2.40. The lowest BCUT2D eigenvalue weighted by molar-refractivity contribution is -0.125. The van der Waals surface area contributed by atoms with Crippen molar-refractivity contribution in [3.8, 4) is 0 Å². The highest BCUT2D eigenvalue weighted by molar-refractivity contribution is 6.10. The van der Waals surface area contributed by atoms with Gasteiger partial charge in [-0.3, -0.25) is 14.4 Å². The third-order valence-corrected chi connectivity index (χ3v) is 5.00. The van der Waals surface area contributed by atoms with Crippen LogP contribution in [0, 0.1) is 0 Å². The van der Waals surface area contributed by atoms with Crippen LogP contribution in [0.5, 0.6) is 0 Å². The maximum absolute atomic E-state index is 12.6. The summed E-state index contributed by atoms with van der Waals surface area (Å²) in [6, 6.07) is 17.4. The second kappa shape index (κ2) is 7.23. The molecule has 1 aliphatic heterocycles. The first kappa shape index (κ1) is 17.3. The van der Waals surface area contributed by atoms with E-state index in [0.29, 0.717) is 17.3 Å². The minimum Gasteiger partial charge on any atom is -0.353 e. The van der Waals surface area contributed by atoms with Gasteiger partial charge in [-0.1, -0.05) is 42.5 Å². The van der Waals surface area contributed by atoms with E-state index in [4.69, 9.17) is 0 Å². The number of fused-ring (bicyclic) bond motifs is 1. The molecule has 2 N–H and O–H groups in total. The van der Waals surface area contributed by atoms with Crippen molar-refractivity contribution in [2.75, 3.05) is 16.8 Å². The fraction of sp³-hybridized carbons (Fsp3) is 0.286. The van der Waals surface area contributed by atoms with Gasteiger partial charge in [-0.2, -0.15) is 0 Å². The molecule has 3 amide bonds. The number of hydrogen-bond donors (Lipinski definition) is 2. The van der Waals surface area contributed by atoms with Gasteiger partial charge in [0, 0.05) is 24.8 Å². The zero-order valence-corrected chi connectivity index (χ0v) is 14.9. The van der Waals surface area contributed by atoms with Crippen LogP contribution in [0.3, 0.4) is 0 Å². The lowest BCUT2D eigenvalue weighted by Crippen LogP contribution is -2.42. The van der Waals surface area contributed by atoms with E-state index >= 15 is 0 Å². The van der Waals surface area contributed by atoms with Crippen molar-refractivity contribution in [3.05, 3.63) is 60.2 Å². The average Bonchev–Trinajstić information content (AvgIpc) is 3.45. The smallest absolute Gasteiger partial charge is 0.244 e. The molecule has 1 fully saturated rings. The Hall–Kier alpha value is -3.15. The van der Waals surface area contributed by atoms with Gasteiger partial charge in [0.05, 0.1) is 11.4 Å². The van der Waals surface area contributed by atoms with E-state index in [1.54, 1.807) is 18.2 Å². The normalized spacial score (nSPS) is 20.4. The van der Waals surface area contributed by atoms with Gasteiger partial charge >= 0.3 is 0 Å². The highest BCUT2D eigenvalue weighted by Gasteiger charge is 2.39. The zero-order chi connectivity index (χ0) is 18.8. The van der Waals surface area contributed by atoms with Gasteiger partial charge in [-0.25, -0.2) is 0 Å². The van der Waals surface area contributed by atoms with Crippen molar-refractivity contribution in [2.24, 2.45) is 0 Å². The molecule has 1 heterocycles. The molecule has 0 unspecified atom stereocenters. The molecule has 0 radical (unpaired) electrons. The quantitative estimate of drug-likeness (QED) is 0.856. The number of hydrogen-bond acceptors (Lipinski definition) is 3. The van der Waals surface area contributed by atoms with Crippen molar-refractivity contribution in [1.82, 2.24) is 5.32 Å². The van der Waals surface area contributed by atoms with Crippen LogP contribution in [-0.4, -0.2) is 30.3 Å². The molecular formula is C21H21N3O3. The van der Waals surface area contributed by atoms with E-state index < -0.39 is 0 Å². The molecular weight excluding hydrogens is 342 g/mol. The summed E-state index contributed by atoms with van der Waals surface area (Å²) in [6.07, 6.45) is 1.14. The lowest BCUT2D eigenvalue weighted by atomic mass is 10.1. The Morgan fingerprint density at radius 1 is 1.04 bits per heavy atom. The molecule has 0 aromatic heterocycles. The topological polar surface area (TPSA) is 78.5 Å². The summed E-state index contributed by atoms with van der Waals surface area (Å²) in [5.41, 5.74) is 2.53. The number of carbonyl (C=O) groups is 3. The Morgan fingerprint density at radius 3 is 2.59 bits per heavy atom. The van der Waals surface area contributed by atoms with Gasteiger partial charge in [-0.15, -0.1) is 0 Å². The Labute approximate surface area is 157 Å². The molecule has 1 saturated carbocycles. The minimum absolute atomic E-state index is 0.0177. The number of nitrogens with one attached hydrogen (secondary N) is 2. The molecule has 0 saturated heterocycles. The third kappa shape index (κ3) is 3.84. The minimum atomic E-state index is -0.227. The summed E-state index contributed by atoms with van der Waals surface area (Å²) < 4.78 is 0. The summed E-state index contributed by atoms with van der Waals surface area (Å²) in [4.78, 5) is 38.0. The van der Waals surface area contributed by atoms with Crippen LogP contribution in [0.4, 0.5) is 11.4 Å². The van der Waals surface area contributed by atoms with E-state index in [2.05, 4.69) is 22.8 Å². The van der Waals surface area contributed by atoms with Crippen molar-refractivity contribution in [2.45, 2.75) is 31.2 Å². The Balaban J connectivity index is 1.30. The van der Waals surface area contributed by atoms with Crippen LogP contribution in [0.25, 0.3) is 0 Å². The monoisotopic (exact) mass is 363 g/mol. The van der Waals surface area contributed by atoms with Crippen molar-refractivity contribution < 1.29 is 14.4 Å². The van der Waals surface area contributed by atoms with Gasteiger partial charge < -0.3 is 15.5 Å². The molecule has 2 aromatic carbocycles. The number of para-hydroxylation sites is 2. The maximum atomic E-state index is 12.6. The first-order chi connectivity index (χ1) is 13.1. The van der Waals surface area contributed by atoms with E-state index in [1.165, 1.54) is 10.5 Å². The van der Waals surface area contributed by atoms with Crippen molar-refractivity contribution in [1.29, 1.82) is 0 Å². The summed E-state index contributed by atoms with van der Waals surface area (Å²) in [7, 11) is 0. The Bertz CT molecular complexity index is 881. The van der Waals surface area contributed by atoms with Crippen LogP contribution in [-0.2, 0) is 14.4 Å². The number of rotatable bonds is 5. The molecule has 2 aliphatic rings. The molecule has 1 aliphatic carbocycles. The van der Waals surface area contributed by atoms with Gasteiger partial charge in [0.25, 0.3) is 0 Å². The second-order valence-corrected chi connectivity index (χ2v) is 6.97. The number of nitrogens with zero attached hydrogens (tertiary/aromatic N) is 1. The number of anilines is 2. The summed E-state index contributed by atoms with van der Waals surface area (Å²) >= 11 is 0. The molecule has 6 heteroatoms. The third-order valence-electron chi connectivity index (χ3n) is 5.00. The molecule has 6 nitrogen and oxygen atoms in total. The van der Waals surface area contributed by atoms with Crippen LogP contribution < -0.4 is 15.5 Å². The molecule has 138 valence electrons. The Kier molecular flexibility index (Phi) is 4.62. The van der Waals surface area contributed by atoms with Crippen LogP contribution >= 0.6 is 0 Å². The predicted molar refractivity (Wildman–Crippen MR) is 102 cm³/mol. The molecule has 2 atom stereocenters. The summed E-state index contributed by atoms with van der Waals surface area (Å²) in [6.45, 7) is -0.0177. The largest absolute Gasteiger partial charge is 0.353 e. The van der Waals surface area contributed by atoms with Gasteiger partial charge in [-0.05, 0) is 24.1 Å². The Morgan fingerprint density at radius 2 is 1.78 bits per heavy atom. The fourth-order valence-corrected chi connectivity index (χ4v) is 3.51. The number of amides is 3. The van der Waals surface area contributed by atoms with Crippen LogP contribution in [0.15, 0.2) is 54.6 Å². The molecule has 4 rings (SSSR count). The van der Waals surface area contributed by atoms with Crippen LogP contribution in [0.1, 0.15) is 30.7 Å².